The van der Waals surface area contributed by atoms with Gasteiger partial charge in [-0.15, -0.1) is 0 Å². The van der Waals surface area contributed by atoms with Gasteiger partial charge in [0, 0.05) is 11.8 Å². The smallest absolute Gasteiger partial charge is 0.265 e. The van der Waals surface area contributed by atoms with E-state index in [0.29, 0.717) is 5.56 Å². The van der Waals surface area contributed by atoms with Crippen molar-refractivity contribution in [1.82, 2.24) is 10.4 Å². The molecule has 0 saturated carbocycles. The monoisotopic (exact) mass is 312 g/mol. The molecular formula is C14H22N3O3S+. The minimum Gasteiger partial charge on any atom is -0.335 e. The molecule has 1 saturated heterocycles. The molecule has 1 aromatic carbocycles. The molecule has 1 fully saturated rings. The first-order chi connectivity index (χ1) is 9.77. The molecule has 2 N–H and O–H groups in total. The van der Waals surface area contributed by atoms with Crippen molar-refractivity contribution in [2.75, 3.05) is 39.5 Å². The van der Waals surface area contributed by atoms with E-state index >= 15 is 0 Å². The van der Waals surface area contributed by atoms with Gasteiger partial charge < -0.3 is 4.90 Å². The second kappa shape index (κ2) is 6.13. The van der Waals surface area contributed by atoms with Gasteiger partial charge in [0.1, 0.15) is 0 Å². The number of aryl methyl sites for hydroxylation is 1. The molecule has 1 amide bonds. The van der Waals surface area contributed by atoms with E-state index in [9.17, 15) is 13.2 Å². The summed E-state index contributed by atoms with van der Waals surface area (Å²) in [5, 5.41) is 1.89. The summed E-state index contributed by atoms with van der Waals surface area (Å²) in [6, 6.07) is 4.64. The third kappa shape index (κ3) is 4.03. The molecule has 0 atom stereocenters. The van der Waals surface area contributed by atoms with Crippen LogP contribution in [0.2, 0.25) is 0 Å². The van der Waals surface area contributed by atoms with E-state index in [4.69, 9.17) is 0 Å². The average molecular weight is 312 g/mol. The fourth-order valence-corrected chi connectivity index (χ4v) is 2.93. The largest absolute Gasteiger partial charge is 0.335 e. The summed E-state index contributed by atoms with van der Waals surface area (Å²) in [6.07, 6.45) is 1.14. The number of hydrazine groups is 1. The van der Waals surface area contributed by atoms with Gasteiger partial charge >= 0.3 is 0 Å². The van der Waals surface area contributed by atoms with E-state index in [-0.39, 0.29) is 10.8 Å². The van der Waals surface area contributed by atoms with Gasteiger partial charge in [0.15, 0.2) is 9.84 Å². The maximum Gasteiger partial charge on any atom is 0.265 e. The van der Waals surface area contributed by atoms with Crippen LogP contribution in [0.5, 0.6) is 0 Å². The number of carbonyl (C=O) groups is 1. The Morgan fingerprint density at radius 2 is 1.90 bits per heavy atom. The van der Waals surface area contributed by atoms with Crippen molar-refractivity contribution in [3.8, 4) is 0 Å². The normalized spacial score (nSPS) is 17.7. The lowest BCUT2D eigenvalue weighted by Crippen LogP contribution is -3.12. The van der Waals surface area contributed by atoms with Gasteiger partial charge in [0.05, 0.1) is 38.1 Å². The number of hydrogen-bond donors (Lipinski definition) is 2. The van der Waals surface area contributed by atoms with Crippen LogP contribution in [-0.2, 0) is 9.84 Å². The van der Waals surface area contributed by atoms with Crippen molar-refractivity contribution in [1.29, 1.82) is 0 Å². The van der Waals surface area contributed by atoms with Crippen LogP contribution < -0.4 is 10.3 Å². The summed E-state index contributed by atoms with van der Waals surface area (Å²) >= 11 is 0. The standard InChI is InChI=1S/C14H21N3O3S/c1-11-4-5-12(21(3,19)20)10-13(11)14(18)15-17-8-6-16(2)7-9-17/h4-5,10H,6-9H2,1-3H3,(H,15,18)/p+1. The van der Waals surface area contributed by atoms with Crippen LogP contribution in [0.3, 0.4) is 0 Å². The zero-order valence-electron chi connectivity index (χ0n) is 12.6. The van der Waals surface area contributed by atoms with Gasteiger partial charge in [0.25, 0.3) is 5.91 Å². The third-order valence-electron chi connectivity index (χ3n) is 3.76. The van der Waals surface area contributed by atoms with E-state index in [1.807, 2.05) is 5.01 Å². The predicted molar refractivity (Wildman–Crippen MR) is 79.9 cm³/mol. The van der Waals surface area contributed by atoms with Crippen LogP contribution in [0.1, 0.15) is 15.9 Å². The fraction of sp³-hybridized carbons (Fsp3) is 0.500. The third-order valence-corrected chi connectivity index (χ3v) is 4.87. The number of quaternary nitrogens is 1. The molecule has 0 spiro atoms. The molecule has 2 rings (SSSR count). The molecule has 7 heteroatoms. The second-order valence-electron chi connectivity index (χ2n) is 5.63. The van der Waals surface area contributed by atoms with Crippen molar-refractivity contribution in [3.05, 3.63) is 29.3 Å². The zero-order chi connectivity index (χ0) is 15.6. The molecule has 6 nitrogen and oxygen atoms in total. The highest BCUT2D eigenvalue weighted by Gasteiger charge is 2.20. The first-order valence-electron chi connectivity index (χ1n) is 6.95. The van der Waals surface area contributed by atoms with Gasteiger partial charge in [0.2, 0.25) is 0 Å². The van der Waals surface area contributed by atoms with Gasteiger partial charge in [-0.25, -0.2) is 13.4 Å². The number of nitrogens with one attached hydrogen (secondary N) is 2. The maximum absolute atomic E-state index is 12.3. The number of benzene rings is 1. The first kappa shape index (κ1) is 15.9. The number of piperazine rings is 1. The molecule has 116 valence electrons. The molecule has 0 bridgehead atoms. The summed E-state index contributed by atoms with van der Waals surface area (Å²) in [4.78, 5) is 13.9. The maximum atomic E-state index is 12.3. The van der Waals surface area contributed by atoms with Gasteiger partial charge in [-0.3, -0.25) is 10.2 Å². The predicted octanol–water partition coefficient (Wildman–Crippen LogP) is -1.13. The number of hydrogen-bond acceptors (Lipinski definition) is 4. The topological polar surface area (TPSA) is 70.9 Å². The summed E-state index contributed by atoms with van der Waals surface area (Å²) in [6.45, 7) is 5.34. The van der Waals surface area contributed by atoms with Crippen LogP contribution in [0.15, 0.2) is 23.1 Å². The molecular weight excluding hydrogens is 290 g/mol. The molecule has 0 unspecified atom stereocenters. The number of carbonyl (C=O) groups excluding carboxylic acids is 1. The van der Waals surface area contributed by atoms with Crippen molar-refractivity contribution in [2.24, 2.45) is 0 Å². The highest BCUT2D eigenvalue weighted by Crippen LogP contribution is 2.15. The van der Waals surface area contributed by atoms with E-state index in [1.165, 1.54) is 17.0 Å². The average Bonchev–Trinajstić information content (AvgIpc) is 2.40. The summed E-state index contributed by atoms with van der Waals surface area (Å²) < 4.78 is 23.2. The Labute approximate surface area is 125 Å². The highest BCUT2D eigenvalue weighted by molar-refractivity contribution is 7.90. The molecule has 1 heterocycles. The summed E-state index contributed by atoms with van der Waals surface area (Å²) in [5.41, 5.74) is 4.03. The Hall–Kier alpha value is -1.44. The van der Waals surface area contributed by atoms with Crippen molar-refractivity contribution >= 4 is 15.7 Å². The number of nitrogens with zero attached hydrogens (tertiary/aromatic N) is 1. The number of likely N-dealkylation sites (N-methyl/N-ethyl adjacent to an activating group) is 1. The van der Waals surface area contributed by atoms with Gasteiger partial charge in [-0.2, -0.15) is 0 Å². The lowest BCUT2D eigenvalue weighted by molar-refractivity contribution is -0.884. The van der Waals surface area contributed by atoms with E-state index in [0.717, 1.165) is 38.0 Å². The molecule has 0 aliphatic carbocycles. The van der Waals surface area contributed by atoms with Crippen molar-refractivity contribution < 1.29 is 18.1 Å². The molecule has 1 aliphatic rings. The second-order valence-corrected chi connectivity index (χ2v) is 7.65. The number of sulfone groups is 1. The minimum absolute atomic E-state index is 0.168. The van der Waals surface area contributed by atoms with Crippen LogP contribution in [0.25, 0.3) is 0 Å². The van der Waals surface area contributed by atoms with Crippen molar-refractivity contribution in [3.63, 3.8) is 0 Å². The lowest BCUT2D eigenvalue weighted by atomic mass is 10.1. The van der Waals surface area contributed by atoms with E-state index in [1.54, 1.807) is 13.0 Å². The Morgan fingerprint density at radius 1 is 1.29 bits per heavy atom. The van der Waals surface area contributed by atoms with Crippen molar-refractivity contribution in [2.45, 2.75) is 11.8 Å². The van der Waals surface area contributed by atoms with Crippen LogP contribution in [0.4, 0.5) is 0 Å². The Kier molecular flexibility index (Phi) is 4.65. The first-order valence-corrected chi connectivity index (χ1v) is 8.84. The molecule has 0 aromatic heterocycles. The number of amides is 1. The highest BCUT2D eigenvalue weighted by atomic mass is 32.2. The molecule has 0 radical (unpaired) electrons. The Balaban J connectivity index is 2.15. The van der Waals surface area contributed by atoms with E-state index in [2.05, 4.69) is 12.5 Å². The van der Waals surface area contributed by atoms with Crippen LogP contribution >= 0.6 is 0 Å². The number of rotatable bonds is 3. The SMILES string of the molecule is Cc1ccc(S(C)(=O)=O)cc1C(=O)NN1CC[NH+](C)CC1. The lowest BCUT2D eigenvalue weighted by Gasteiger charge is -2.30. The minimum atomic E-state index is -3.31. The van der Waals surface area contributed by atoms with E-state index < -0.39 is 9.84 Å². The van der Waals surface area contributed by atoms with Gasteiger partial charge in [-0.05, 0) is 24.6 Å². The van der Waals surface area contributed by atoms with Crippen LogP contribution in [-0.4, -0.2) is 58.8 Å². The quantitative estimate of drug-likeness (QED) is 0.741. The molecule has 1 aromatic rings. The Morgan fingerprint density at radius 3 is 2.48 bits per heavy atom. The van der Waals surface area contributed by atoms with Gasteiger partial charge in [-0.1, -0.05) is 6.07 Å². The fourth-order valence-electron chi connectivity index (χ4n) is 2.28. The van der Waals surface area contributed by atoms with Crippen LogP contribution in [0, 0.1) is 6.92 Å². The molecule has 1 aliphatic heterocycles. The summed E-state index contributed by atoms with van der Waals surface area (Å²) in [5.74, 6) is -0.252. The zero-order valence-corrected chi connectivity index (χ0v) is 13.5. The summed E-state index contributed by atoms with van der Waals surface area (Å²) in [7, 11) is -1.19. The Bertz CT molecular complexity index is 635. The molecule has 21 heavy (non-hydrogen) atoms.